The summed E-state index contributed by atoms with van der Waals surface area (Å²) in [5.41, 5.74) is 0. The van der Waals surface area contributed by atoms with Crippen molar-refractivity contribution in [3.63, 3.8) is 0 Å². The highest BCUT2D eigenvalue weighted by molar-refractivity contribution is 5.79. The van der Waals surface area contributed by atoms with Gasteiger partial charge in [-0.1, -0.05) is 13.8 Å². The Hall–Kier alpha value is -1.71. The molecule has 1 aliphatic heterocycles. The summed E-state index contributed by atoms with van der Waals surface area (Å²) in [5, 5.41) is 0. The van der Waals surface area contributed by atoms with E-state index in [-0.39, 0.29) is 17.9 Å². The molecule has 1 amide bonds. The first kappa shape index (κ1) is 15.2. The number of fused-ring (bicyclic) bond motifs is 2. The molecule has 2 fully saturated rings. The van der Waals surface area contributed by atoms with Crippen molar-refractivity contribution in [2.24, 2.45) is 11.8 Å². The van der Waals surface area contributed by atoms with E-state index in [1.54, 1.807) is 7.11 Å². The number of carbonyl (C=O) groups excluding carboxylic acids is 1. The Morgan fingerprint density at radius 2 is 1.91 bits per heavy atom. The SMILES string of the molecule is COc1ccc(OC[C@H]2[C@@H]3CC[C@@H](C3)N2C(=O)C(C)C)cc1. The lowest BCUT2D eigenvalue weighted by Gasteiger charge is -2.36. The predicted molar refractivity (Wildman–Crippen MR) is 85.1 cm³/mol. The second-order valence-corrected chi connectivity index (χ2v) is 6.68. The number of ether oxygens (including phenoxy) is 2. The van der Waals surface area contributed by atoms with Crippen LogP contribution in [-0.4, -0.2) is 36.6 Å². The normalized spacial score (nSPS) is 26.5. The van der Waals surface area contributed by atoms with Crippen molar-refractivity contribution < 1.29 is 14.3 Å². The van der Waals surface area contributed by atoms with E-state index < -0.39 is 0 Å². The number of methoxy groups -OCH3 is 1. The summed E-state index contributed by atoms with van der Waals surface area (Å²) in [4.78, 5) is 14.6. The molecule has 1 heterocycles. The molecule has 22 heavy (non-hydrogen) atoms. The largest absolute Gasteiger partial charge is 0.497 e. The quantitative estimate of drug-likeness (QED) is 0.839. The van der Waals surface area contributed by atoms with Gasteiger partial charge < -0.3 is 14.4 Å². The molecule has 4 heteroatoms. The first-order chi connectivity index (χ1) is 10.6. The number of piperidine rings is 1. The molecule has 0 N–H and O–H groups in total. The molecule has 0 spiro atoms. The second-order valence-electron chi connectivity index (χ2n) is 6.68. The maximum Gasteiger partial charge on any atom is 0.225 e. The molecule has 1 aromatic carbocycles. The van der Waals surface area contributed by atoms with Crippen molar-refractivity contribution in [2.45, 2.75) is 45.2 Å². The molecular formula is C18H25NO3. The topological polar surface area (TPSA) is 38.8 Å². The van der Waals surface area contributed by atoms with Crippen molar-refractivity contribution in [3.8, 4) is 11.5 Å². The third-order valence-corrected chi connectivity index (χ3v) is 4.97. The number of benzene rings is 1. The zero-order valence-corrected chi connectivity index (χ0v) is 13.6. The van der Waals surface area contributed by atoms with Crippen LogP contribution < -0.4 is 9.47 Å². The van der Waals surface area contributed by atoms with Gasteiger partial charge in [-0.25, -0.2) is 0 Å². The molecule has 120 valence electrons. The van der Waals surface area contributed by atoms with Crippen LogP contribution in [0.5, 0.6) is 11.5 Å². The first-order valence-corrected chi connectivity index (χ1v) is 8.19. The highest BCUT2D eigenvalue weighted by Gasteiger charge is 2.48. The Kier molecular flexibility index (Phi) is 4.27. The van der Waals surface area contributed by atoms with Crippen LogP contribution in [0.3, 0.4) is 0 Å². The number of rotatable bonds is 5. The summed E-state index contributed by atoms with van der Waals surface area (Å²) in [5.74, 6) is 2.59. The second kappa shape index (κ2) is 6.19. The van der Waals surface area contributed by atoms with Crippen LogP contribution >= 0.6 is 0 Å². The van der Waals surface area contributed by atoms with E-state index in [0.29, 0.717) is 18.6 Å². The summed E-state index contributed by atoms with van der Waals surface area (Å²) < 4.78 is 11.1. The third kappa shape index (κ3) is 2.79. The van der Waals surface area contributed by atoms with Crippen LogP contribution in [0.1, 0.15) is 33.1 Å². The van der Waals surface area contributed by atoms with Gasteiger partial charge in [0.1, 0.15) is 18.1 Å². The minimum absolute atomic E-state index is 0.0582. The minimum Gasteiger partial charge on any atom is -0.497 e. The molecule has 2 bridgehead atoms. The first-order valence-electron chi connectivity index (χ1n) is 8.19. The monoisotopic (exact) mass is 303 g/mol. The van der Waals surface area contributed by atoms with Crippen LogP contribution in [-0.2, 0) is 4.79 Å². The lowest BCUT2D eigenvalue weighted by atomic mass is 9.98. The molecular weight excluding hydrogens is 278 g/mol. The average molecular weight is 303 g/mol. The highest BCUT2D eigenvalue weighted by Crippen LogP contribution is 2.43. The van der Waals surface area contributed by atoms with E-state index in [1.807, 2.05) is 38.1 Å². The van der Waals surface area contributed by atoms with E-state index in [0.717, 1.165) is 24.3 Å². The maximum absolute atomic E-state index is 12.5. The fraction of sp³-hybridized carbons (Fsp3) is 0.611. The van der Waals surface area contributed by atoms with E-state index in [4.69, 9.17) is 9.47 Å². The van der Waals surface area contributed by atoms with Crippen LogP contribution in [0.15, 0.2) is 24.3 Å². The molecule has 1 aliphatic carbocycles. The fourth-order valence-electron chi connectivity index (χ4n) is 3.80. The van der Waals surface area contributed by atoms with Gasteiger partial charge in [0, 0.05) is 12.0 Å². The van der Waals surface area contributed by atoms with Gasteiger partial charge in [0.2, 0.25) is 5.91 Å². The zero-order chi connectivity index (χ0) is 15.7. The molecule has 0 unspecified atom stereocenters. The molecule has 1 aromatic rings. The van der Waals surface area contributed by atoms with Gasteiger partial charge in [-0.05, 0) is 49.4 Å². The lowest BCUT2D eigenvalue weighted by Crippen LogP contribution is -2.49. The Balaban J connectivity index is 1.66. The summed E-state index contributed by atoms with van der Waals surface area (Å²) >= 11 is 0. The zero-order valence-electron chi connectivity index (χ0n) is 13.6. The van der Waals surface area contributed by atoms with Gasteiger partial charge in [-0.2, -0.15) is 0 Å². The number of amides is 1. The van der Waals surface area contributed by atoms with Gasteiger partial charge in [0.25, 0.3) is 0 Å². The van der Waals surface area contributed by atoms with Crippen molar-refractivity contribution in [3.05, 3.63) is 24.3 Å². The third-order valence-electron chi connectivity index (χ3n) is 4.97. The molecule has 0 radical (unpaired) electrons. The Bertz CT molecular complexity index is 526. The highest BCUT2D eigenvalue weighted by atomic mass is 16.5. The molecule has 0 aromatic heterocycles. The number of likely N-dealkylation sites (tertiary alicyclic amines) is 1. The molecule has 1 saturated heterocycles. The van der Waals surface area contributed by atoms with Crippen LogP contribution in [0, 0.1) is 11.8 Å². The summed E-state index contributed by atoms with van der Waals surface area (Å²) in [6, 6.07) is 8.29. The smallest absolute Gasteiger partial charge is 0.225 e. The van der Waals surface area contributed by atoms with Gasteiger partial charge in [-0.15, -0.1) is 0 Å². The lowest BCUT2D eigenvalue weighted by molar-refractivity contribution is -0.139. The van der Waals surface area contributed by atoms with Crippen molar-refractivity contribution in [1.82, 2.24) is 4.90 Å². The Labute approximate surface area is 132 Å². The van der Waals surface area contributed by atoms with Gasteiger partial charge in [0.05, 0.1) is 13.2 Å². The number of hydrogen-bond donors (Lipinski definition) is 0. The Morgan fingerprint density at radius 1 is 1.23 bits per heavy atom. The molecule has 3 atom stereocenters. The van der Waals surface area contributed by atoms with Crippen LogP contribution in [0.25, 0.3) is 0 Å². The van der Waals surface area contributed by atoms with Gasteiger partial charge in [-0.3, -0.25) is 4.79 Å². The number of nitrogens with zero attached hydrogens (tertiary/aromatic N) is 1. The average Bonchev–Trinajstić information content (AvgIpc) is 3.13. The van der Waals surface area contributed by atoms with E-state index in [2.05, 4.69) is 4.90 Å². The summed E-state index contributed by atoms with van der Waals surface area (Å²) in [6.07, 6.45) is 3.53. The molecule has 2 aliphatic rings. The molecule has 4 nitrogen and oxygen atoms in total. The summed E-state index contributed by atoms with van der Waals surface area (Å²) in [7, 11) is 1.65. The van der Waals surface area contributed by atoms with E-state index in [9.17, 15) is 4.79 Å². The van der Waals surface area contributed by atoms with Gasteiger partial charge >= 0.3 is 0 Å². The van der Waals surface area contributed by atoms with E-state index >= 15 is 0 Å². The van der Waals surface area contributed by atoms with E-state index in [1.165, 1.54) is 6.42 Å². The fourth-order valence-corrected chi connectivity index (χ4v) is 3.80. The predicted octanol–water partition coefficient (Wildman–Crippen LogP) is 3.11. The van der Waals surface area contributed by atoms with Crippen LogP contribution in [0.4, 0.5) is 0 Å². The van der Waals surface area contributed by atoms with Crippen molar-refractivity contribution >= 4 is 5.91 Å². The number of hydrogen-bond acceptors (Lipinski definition) is 3. The minimum atomic E-state index is 0.0582. The number of carbonyl (C=O) groups is 1. The summed E-state index contributed by atoms with van der Waals surface area (Å²) in [6.45, 7) is 4.55. The van der Waals surface area contributed by atoms with Crippen molar-refractivity contribution in [1.29, 1.82) is 0 Å². The molecule has 1 saturated carbocycles. The van der Waals surface area contributed by atoms with Crippen LogP contribution in [0.2, 0.25) is 0 Å². The maximum atomic E-state index is 12.5. The molecule has 3 rings (SSSR count). The standard InChI is InChI=1S/C18H25NO3/c1-12(2)18(20)19-14-5-4-13(10-14)17(19)11-22-16-8-6-15(21-3)7-9-16/h6-9,12-14,17H,4-5,10-11H2,1-3H3/t13-,14+,17+/m1/s1. The van der Waals surface area contributed by atoms with Crippen molar-refractivity contribution in [2.75, 3.05) is 13.7 Å². The Morgan fingerprint density at radius 3 is 2.55 bits per heavy atom. The van der Waals surface area contributed by atoms with Gasteiger partial charge in [0.15, 0.2) is 0 Å².